The second-order valence-corrected chi connectivity index (χ2v) is 7.79. The second-order valence-electron chi connectivity index (χ2n) is 7.79. The number of anilines is 1. The second kappa shape index (κ2) is 9.40. The highest BCUT2D eigenvalue weighted by Crippen LogP contribution is 2.37. The van der Waals surface area contributed by atoms with Crippen LogP contribution in [-0.4, -0.2) is 24.7 Å². The Labute approximate surface area is 158 Å². The lowest BCUT2D eigenvalue weighted by molar-refractivity contribution is -0.148. The minimum Gasteiger partial charge on any atom is -0.493 e. The third-order valence-electron chi connectivity index (χ3n) is 5.12. The van der Waals surface area contributed by atoms with E-state index in [9.17, 15) is 4.79 Å². The molecule has 146 valence electrons. The van der Waals surface area contributed by atoms with Crippen molar-refractivity contribution in [2.45, 2.75) is 78.7 Å². The van der Waals surface area contributed by atoms with Gasteiger partial charge >= 0.3 is 0 Å². The van der Waals surface area contributed by atoms with Crippen LogP contribution in [0, 0.1) is 19.8 Å². The molecule has 1 fully saturated rings. The smallest absolute Gasteiger partial charge is 0.256 e. The molecular formula is C22H35NO3. The fourth-order valence-corrected chi connectivity index (χ4v) is 3.90. The lowest BCUT2D eigenvalue weighted by Crippen LogP contribution is -2.48. The quantitative estimate of drug-likeness (QED) is 0.674. The van der Waals surface area contributed by atoms with Crippen molar-refractivity contribution in [3.8, 4) is 5.75 Å². The summed E-state index contributed by atoms with van der Waals surface area (Å²) in [7, 11) is 0. The molecule has 1 aliphatic carbocycles. The summed E-state index contributed by atoms with van der Waals surface area (Å²) < 4.78 is 12.0. The summed E-state index contributed by atoms with van der Waals surface area (Å²) in [5, 5.41) is 3.13. The number of carbonyl (C=O) groups is 1. The van der Waals surface area contributed by atoms with Gasteiger partial charge in [0.05, 0.1) is 6.61 Å². The van der Waals surface area contributed by atoms with E-state index >= 15 is 0 Å². The maximum Gasteiger partial charge on any atom is 0.256 e. The Hall–Kier alpha value is -1.55. The first-order valence-corrected chi connectivity index (χ1v) is 10.1. The van der Waals surface area contributed by atoms with Crippen LogP contribution in [-0.2, 0) is 9.53 Å². The summed E-state index contributed by atoms with van der Waals surface area (Å²) in [6, 6.07) is 3.99. The molecule has 2 unspecified atom stereocenters. The maximum absolute atomic E-state index is 13.2. The number of nitrogens with one attached hydrogen (secondary N) is 1. The van der Waals surface area contributed by atoms with Crippen molar-refractivity contribution in [2.24, 2.45) is 5.92 Å². The number of rotatable bonds is 8. The van der Waals surface area contributed by atoms with Crippen molar-refractivity contribution in [1.82, 2.24) is 0 Å². The summed E-state index contributed by atoms with van der Waals surface area (Å²) >= 11 is 0. The first-order valence-electron chi connectivity index (χ1n) is 10.1. The van der Waals surface area contributed by atoms with Gasteiger partial charge in [0, 0.05) is 12.3 Å². The van der Waals surface area contributed by atoms with E-state index in [0.29, 0.717) is 19.1 Å². The van der Waals surface area contributed by atoms with Gasteiger partial charge in [-0.15, -0.1) is 0 Å². The van der Waals surface area contributed by atoms with Crippen LogP contribution < -0.4 is 10.1 Å². The van der Waals surface area contributed by atoms with E-state index in [0.717, 1.165) is 54.7 Å². The average molecular weight is 362 g/mol. The predicted octanol–water partition coefficient (Wildman–Crippen LogP) is 5.41. The number of hydrogen-bond acceptors (Lipinski definition) is 3. The van der Waals surface area contributed by atoms with Crippen molar-refractivity contribution in [3.63, 3.8) is 0 Å². The number of ether oxygens (including phenoxy) is 2. The molecule has 1 aliphatic rings. The Bertz CT molecular complexity index is 590. The Kier molecular flexibility index (Phi) is 7.51. The van der Waals surface area contributed by atoms with Gasteiger partial charge in [-0.1, -0.05) is 27.2 Å². The molecule has 1 amide bonds. The Morgan fingerprint density at radius 2 is 1.85 bits per heavy atom. The Morgan fingerprint density at radius 1 is 1.19 bits per heavy atom. The summed E-state index contributed by atoms with van der Waals surface area (Å²) in [5.74, 6) is 1.44. The lowest BCUT2D eigenvalue weighted by Gasteiger charge is -2.38. The van der Waals surface area contributed by atoms with Gasteiger partial charge in [-0.2, -0.15) is 0 Å². The van der Waals surface area contributed by atoms with Crippen LogP contribution in [0.1, 0.15) is 70.4 Å². The largest absolute Gasteiger partial charge is 0.493 e. The third-order valence-corrected chi connectivity index (χ3v) is 5.12. The lowest BCUT2D eigenvalue weighted by atomic mass is 9.78. The van der Waals surface area contributed by atoms with Gasteiger partial charge < -0.3 is 14.8 Å². The van der Waals surface area contributed by atoms with Gasteiger partial charge in [-0.05, 0) is 75.1 Å². The molecule has 1 N–H and O–H groups in total. The van der Waals surface area contributed by atoms with E-state index in [4.69, 9.17) is 9.47 Å². The monoisotopic (exact) mass is 361 g/mol. The van der Waals surface area contributed by atoms with Crippen molar-refractivity contribution >= 4 is 11.6 Å². The van der Waals surface area contributed by atoms with E-state index in [1.165, 1.54) is 6.42 Å². The number of amides is 1. The zero-order valence-corrected chi connectivity index (χ0v) is 17.1. The first kappa shape index (κ1) is 20.8. The van der Waals surface area contributed by atoms with E-state index in [1.807, 2.05) is 26.0 Å². The fourth-order valence-electron chi connectivity index (χ4n) is 3.90. The summed E-state index contributed by atoms with van der Waals surface area (Å²) in [4.78, 5) is 13.2. The summed E-state index contributed by atoms with van der Waals surface area (Å²) in [5.41, 5.74) is 2.24. The highest BCUT2D eigenvalue weighted by molar-refractivity contribution is 5.97. The average Bonchev–Trinajstić information content (AvgIpc) is 2.59. The minimum absolute atomic E-state index is 0.00136. The minimum atomic E-state index is -0.688. The Morgan fingerprint density at radius 3 is 2.42 bits per heavy atom. The van der Waals surface area contributed by atoms with Gasteiger partial charge in [0.15, 0.2) is 0 Å². The molecule has 0 radical (unpaired) electrons. The maximum atomic E-state index is 13.2. The van der Waals surface area contributed by atoms with Crippen LogP contribution in [0.2, 0.25) is 0 Å². The molecule has 4 nitrogen and oxygen atoms in total. The van der Waals surface area contributed by atoms with Gasteiger partial charge in [0.1, 0.15) is 11.4 Å². The van der Waals surface area contributed by atoms with E-state index in [1.54, 1.807) is 0 Å². The molecule has 2 rings (SSSR count). The predicted molar refractivity (Wildman–Crippen MR) is 107 cm³/mol. The molecule has 0 heterocycles. The highest BCUT2D eigenvalue weighted by atomic mass is 16.5. The standard InChI is InChI=1S/C22H35NO3/c1-6-11-25-20-17(4)13-19(14-18(20)5)23-21(24)22(26-12-7-2)10-8-9-16(3)15-22/h13-14,16H,6-12,15H2,1-5H3,(H,23,24). The van der Waals surface area contributed by atoms with Crippen LogP contribution in [0.5, 0.6) is 5.75 Å². The van der Waals surface area contributed by atoms with Gasteiger partial charge in [0.25, 0.3) is 5.91 Å². The van der Waals surface area contributed by atoms with E-state index < -0.39 is 5.60 Å². The van der Waals surface area contributed by atoms with Crippen LogP contribution in [0.15, 0.2) is 12.1 Å². The van der Waals surface area contributed by atoms with Crippen LogP contribution in [0.3, 0.4) is 0 Å². The number of aryl methyl sites for hydroxylation is 2. The van der Waals surface area contributed by atoms with Crippen molar-refractivity contribution < 1.29 is 14.3 Å². The summed E-state index contributed by atoms with van der Waals surface area (Å²) in [6.07, 6.45) is 5.72. The molecule has 0 saturated heterocycles. The zero-order valence-electron chi connectivity index (χ0n) is 17.1. The third kappa shape index (κ3) is 5.00. The van der Waals surface area contributed by atoms with Crippen LogP contribution in [0.4, 0.5) is 5.69 Å². The van der Waals surface area contributed by atoms with E-state index in [-0.39, 0.29) is 5.91 Å². The van der Waals surface area contributed by atoms with Gasteiger partial charge in [0.2, 0.25) is 0 Å². The number of benzene rings is 1. The fraction of sp³-hybridized carbons (Fsp3) is 0.682. The summed E-state index contributed by atoms with van der Waals surface area (Å²) in [6.45, 7) is 11.8. The van der Waals surface area contributed by atoms with Crippen LogP contribution in [0.25, 0.3) is 0 Å². The van der Waals surface area contributed by atoms with Crippen molar-refractivity contribution in [2.75, 3.05) is 18.5 Å². The molecular weight excluding hydrogens is 326 g/mol. The molecule has 4 heteroatoms. The normalized spacial score (nSPS) is 22.9. The molecule has 1 aromatic carbocycles. The van der Waals surface area contributed by atoms with Gasteiger partial charge in [-0.25, -0.2) is 0 Å². The molecule has 0 bridgehead atoms. The molecule has 0 spiro atoms. The van der Waals surface area contributed by atoms with Crippen molar-refractivity contribution in [3.05, 3.63) is 23.3 Å². The van der Waals surface area contributed by atoms with Gasteiger partial charge in [-0.3, -0.25) is 4.79 Å². The molecule has 0 aromatic heterocycles. The molecule has 0 aliphatic heterocycles. The highest BCUT2D eigenvalue weighted by Gasteiger charge is 2.42. The SMILES string of the molecule is CCCOc1c(C)cc(NC(=O)C2(OCCC)CCCC(C)C2)cc1C. The Balaban J connectivity index is 2.18. The number of carbonyl (C=O) groups excluding carboxylic acids is 1. The number of hydrogen-bond donors (Lipinski definition) is 1. The zero-order chi connectivity index (χ0) is 19.2. The topological polar surface area (TPSA) is 47.6 Å². The molecule has 1 aromatic rings. The molecule has 2 atom stereocenters. The first-order chi connectivity index (χ1) is 12.4. The van der Waals surface area contributed by atoms with Crippen LogP contribution >= 0.6 is 0 Å². The van der Waals surface area contributed by atoms with Crippen molar-refractivity contribution in [1.29, 1.82) is 0 Å². The van der Waals surface area contributed by atoms with E-state index in [2.05, 4.69) is 26.1 Å². The molecule has 26 heavy (non-hydrogen) atoms. The molecule has 1 saturated carbocycles.